The second kappa shape index (κ2) is 10.4. The molecule has 0 saturated heterocycles. The zero-order chi connectivity index (χ0) is 23.9. The number of anilines is 3. The van der Waals surface area contributed by atoms with Gasteiger partial charge >= 0.3 is 0 Å². The van der Waals surface area contributed by atoms with Gasteiger partial charge in [-0.2, -0.15) is 5.10 Å². The Kier molecular flexibility index (Phi) is 6.49. The number of aromatic nitrogens is 1. The molecule has 0 aliphatic heterocycles. The van der Waals surface area contributed by atoms with E-state index in [-0.39, 0.29) is 5.91 Å². The van der Waals surface area contributed by atoms with E-state index in [4.69, 9.17) is 0 Å². The number of amides is 1. The molecule has 4 aromatic carbocycles. The fourth-order valence-corrected chi connectivity index (χ4v) is 3.92. The Labute approximate surface area is 204 Å². The van der Waals surface area contributed by atoms with Crippen LogP contribution in [0.5, 0.6) is 0 Å². The zero-order valence-electron chi connectivity index (χ0n) is 19.0. The van der Waals surface area contributed by atoms with Crippen LogP contribution in [0, 0.1) is 0 Å². The number of carbonyl (C=O) groups is 1. The van der Waals surface area contributed by atoms with Gasteiger partial charge in [0.1, 0.15) is 0 Å². The highest BCUT2D eigenvalue weighted by atomic mass is 16.2. The molecule has 0 radical (unpaired) electrons. The minimum Gasteiger partial charge on any atom is -0.323 e. The van der Waals surface area contributed by atoms with E-state index < -0.39 is 0 Å². The average molecular weight is 457 g/mol. The van der Waals surface area contributed by atoms with Gasteiger partial charge in [-0.3, -0.25) is 4.79 Å². The quantitative estimate of drug-likeness (QED) is 0.219. The largest absolute Gasteiger partial charge is 0.323 e. The van der Waals surface area contributed by atoms with E-state index in [0.717, 1.165) is 28.3 Å². The van der Waals surface area contributed by atoms with Gasteiger partial charge in [0.25, 0.3) is 5.91 Å². The summed E-state index contributed by atoms with van der Waals surface area (Å²) in [7, 11) is 0. The van der Waals surface area contributed by atoms with Crippen LogP contribution in [-0.2, 0) is 0 Å². The molecular formula is C30H24N4O. The summed E-state index contributed by atoms with van der Waals surface area (Å²) in [4.78, 5) is 15.0. The summed E-state index contributed by atoms with van der Waals surface area (Å²) in [5.41, 5.74) is 8.07. The van der Waals surface area contributed by atoms with Crippen molar-refractivity contribution >= 4 is 29.2 Å². The summed E-state index contributed by atoms with van der Waals surface area (Å²) in [5.74, 6) is -0.262. The maximum Gasteiger partial charge on any atom is 0.273 e. The Bertz CT molecular complexity index is 1370. The van der Waals surface area contributed by atoms with Crippen LogP contribution in [0.4, 0.5) is 17.1 Å². The van der Waals surface area contributed by atoms with Crippen molar-refractivity contribution in [2.75, 3.05) is 4.90 Å². The van der Waals surface area contributed by atoms with Crippen LogP contribution in [0.2, 0.25) is 0 Å². The van der Waals surface area contributed by atoms with Crippen LogP contribution in [0.25, 0.3) is 5.69 Å². The van der Waals surface area contributed by atoms with Crippen LogP contribution in [0.15, 0.2) is 139 Å². The minimum absolute atomic E-state index is 0.262. The second-order valence-corrected chi connectivity index (χ2v) is 7.90. The van der Waals surface area contributed by atoms with Crippen molar-refractivity contribution in [1.82, 2.24) is 9.99 Å². The van der Waals surface area contributed by atoms with E-state index in [1.807, 2.05) is 108 Å². The van der Waals surface area contributed by atoms with Crippen LogP contribution < -0.4 is 10.3 Å². The molecule has 0 aliphatic carbocycles. The molecule has 1 heterocycles. The molecule has 0 bridgehead atoms. The number of rotatable bonds is 7. The predicted octanol–water partition coefficient (Wildman–Crippen LogP) is 6.71. The Balaban J connectivity index is 1.32. The average Bonchev–Trinajstić information content (AvgIpc) is 3.46. The summed E-state index contributed by atoms with van der Waals surface area (Å²) < 4.78 is 1.91. The monoisotopic (exact) mass is 456 g/mol. The lowest BCUT2D eigenvalue weighted by atomic mass is 10.1. The van der Waals surface area contributed by atoms with Gasteiger partial charge in [-0.05, 0) is 66.2 Å². The zero-order valence-corrected chi connectivity index (χ0v) is 19.0. The lowest BCUT2D eigenvalue weighted by Crippen LogP contribution is -2.19. The van der Waals surface area contributed by atoms with Gasteiger partial charge in [0.05, 0.1) is 17.5 Å². The van der Waals surface area contributed by atoms with E-state index in [2.05, 4.69) is 39.7 Å². The number of para-hydroxylation sites is 3. The fourth-order valence-electron chi connectivity index (χ4n) is 3.92. The number of hydrogen-bond donors (Lipinski definition) is 1. The maximum atomic E-state index is 12.8. The Morgan fingerprint density at radius 1 is 0.657 bits per heavy atom. The third kappa shape index (κ3) is 5.04. The lowest BCUT2D eigenvalue weighted by Gasteiger charge is -2.25. The van der Waals surface area contributed by atoms with Gasteiger partial charge in [0.15, 0.2) is 0 Å². The molecule has 170 valence electrons. The molecule has 0 aliphatic rings. The van der Waals surface area contributed by atoms with Crippen LogP contribution in [0.3, 0.4) is 0 Å². The van der Waals surface area contributed by atoms with Gasteiger partial charge in [-0.15, -0.1) is 0 Å². The standard InChI is InChI=1S/C30H24N4O/c35-30(28-15-7-8-16-29(28)33-21-9-10-22-33)32-31-23-24-17-19-27(20-18-24)34(25-11-3-1-4-12-25)26-13-5-2-6-14-26/h1-23H,(H,32,35). The third-order valence-corrected chi connectivity index (χ3v) is 5.59. The van der Waals surface area contributed by atoms with Gasteiger partial charge < -0.3 is 9.47 Å². The molecule has 5 rings (SSSR count). The van der Waals surface area contributed by atoms with E-state index in [1.165, 1.54) is 0 Å². The number of hydrazone groups is 1. The van der Waals surface area contributed by atoms with Crippen LogP contribution >= 0.6 is 0 Å². The first-order valence-electron chi connectivity index (χ1n) is 11.4. The molecule has 0 unspecified atom stereocenters. The Morgan fingerprint density at radius 3 is 1.83 bits per heavy atom. The number of hydrogen-bond acceptors (Lipinski definition) is 3. The summed E-state index contributed by atoms with van der Waals surface area (Å²) in [6.07, 6.45) is 5.46. The van der Waals surface area contributed by atoms with Gasteiger partial charge in [0.2, 0.25) is 0 Å². The van der Waals surface area contributed by atoms with Crippen molar-refractivity contribution in [2.24, 2.45) is 5.10 Å². The van der Waals surface area contributed by atoms with Gasteiger partial charge in [-0.25, -0.2) is 5.43 Å². The minimum atomic E-state index is -0.262. The maximum absolute atomic E-state index is 12.8. The number of nitrogens with one attached hydrogen (secondary N) is 1. The first-order valence-corrected chi connectivity index (χ1v) is 11.4. The SMILES string of the molecule is O=C(NN=Cc1ccc(N(c2ccccc2)c2ccccc2)cc1)c1ccccc1-n1cccc1. The Hall–Kier alpha value is -4.90. The van der Waals surface area contributed by atoms with Crippen molar-refractivity contribution in [3.05, 3.63) is 145 Å². The number of nitrogens with zero attached hydrogens (tertiary/aromatic N) is 3. The molecule has 0 spiro atoms. The topological polar surface area (TPSA) is 49.6 Å². The van der Waals surface area contributed by atoms with E-state index in [1.54, 1.807) is 12.3 Å². The van der Waals surface area contributed by atoms with E-state index in [0.29, 0.717) is 5.56 Å². The predicted molar refractivity (Wildman–Crippen MR) is 142 cm³/mol. The van der Waals surface area contributed by atoms with E-state index >= 15 is 0 Å². The van der Waals surface area contributed by atoms with Crippen molar-refractivity contribution < 1.29 is 4.79 Å². The summed E-state index contributed by atoms with van der Waals surface area (Å²) in [5, 5.41) is 4.18. The first-order chi connectivity index (χ1) is 17.3. The van der Waals surface area contributed by atoms with Crippen LogP contribution in [-0.4, -0.2) is 16.7 Å². The molecule has 0 fully saturated rings. The van der Waals surface area contributed by atoms with Gasteiger partial charge in [-0.1, -0.05) is 60.7 Å². The molecule has 1 aromatic heterocycles. The summed E-state index contributed by atoms with van der Waals surface area (Å²) in [6, 6.07) is 39.8. The first kappa shape index (κ1) is 21.9. The van der Waals surface area contributed by atoms with Crippen molar-refractivity contribution in [2.45, 2.75) is 0 Å². The molecule has 5 nitrogen and oxygen atoms in total. The summed E-state index contributed by atoms with van der Waals surface area (Å²) >= 11 is 0. The Morgan fingerprint density at radius 2 is 1.20 bits per heavy atom. The smallest absolute Gasteiger partial charge is 0.273 e. The van der Waals surface area contributed by atoms with Crippen LogP contribution in [0.1, 0.15) is 15.9 Å². The molecular weight excluding hydrogens is 432 g/mol. The molecule has 35 heavy (non-hydrogen) atoms. The van der Waals surface area contributed by atoms with Gasteiger partial charge in [0, 0.05) is 29.5 Å². The normalized spacial score (nSPS) is 10.9. The van der Waals surface area contributed by atoms with Crippen molar-refractivity contribution in [1.29, 1.82) is 0 Å². The fraction of sp³-hybridized carbons (Fsp3) is 0. The lowest BCUT2D eigenvalue weighted by molar-refractivity contribution is 0.0955. The van der Waals surface area contributed by atoms with E-state index in [9.17, 15) is 4.79 Å². The third-order valence-electron chi connectivity index (χ3n) is 5.59. The highest BCUT2D eigenvalue weighted by Crippen LogP contribution is 2.33. The molecule has 5 aromatic rings. The number of benzene rings is 4. The molecule has 1 amide bonds. The number of carbonyl (C=O) groups excluding carboxylic acids is 1. The molecule has 1 N–H and O–H groups in total. The highest BCUT2D eigenvalue weighted by molar-refractivity contribution is 5.98. The summed E-state index contributed by atoms with van der Waals surface area (Å²) in [6.45, 7) is 0. The highest BCUT2D eigenvalue weighted by Gasteiger charge is 2.12. The second-order valence-electron chi connectivity index (χ2n) is 7.90. The van der Waals surface area contributed by atoms with Crippen molar-refractivity contribution in [3.63, 3.8) is 0 Å². The molecule has 0 saturated carbocycles. The molecule has 5 heteroatoms. The van der Waals surface area contributed by atoms with Crippen molar-refractivity contribution in [3.8, 4) is 5.69 Å². The molecule has 0 atom stereocenters.